The van der Waals surface area contributed by atoms with E-state index in [0.29, 0.717) is 50.3 Å². The Kier molecular flexibility index (Phi) is 4.65. The summed E-state index contributed by atoms with van der Waals surface area (Å²) in [5.74, 6) is 0.570. The number of rotatable bonds is 4. The number of piperidine rings is 1. The highest BCUT2D eigenvalue weighted by molar-refractivity contribution is 7.09. The van der Waals surface area contributed by atoms with Crippen LogP contribution < -0.4 is 15.4 Å². The lowest BCUT2D eigenvalue weighted by atomic mass is 9.97. The van der Waals surface area contributed by atoms with Crippen LogP contribution in [-0.4, -0.2) is 42.1 Å². The van der Waals surface area contributed by atoms with Gasteiger partial charge in [-0.1, -0.05) is 18.2 Å². The Morgan fingerprint density at radius 1 is 1.23 bits per heavy atom. The number of benzene rings is 1. The first-order valence-electron chi connectivity index (χ1n) is 8.76. The molecule has 136 valence electrons. The van der Waals surface area contributed by atoms with Crippen LogP contribution in [0.3, 0.4) is 0 Å². The minimum absolute atomic E-state index is 0.0216. The number of amides is 2. The number of carbonyl (C=O) groups is 2. The Bertz CT molecular complexity index is 798. The zero-order valence-corrected chi connectivity index (χ0v) is 15.2. The van der Waals surface area contributed by atoms with Crippen LogP contribution in [0.1, 0.15) is 28.1 Å². The third kappa shape index (κ3) is 3.59. The summed E-state index contributed by atoms with van der Waals surface area (Å²) in [6, 6.07) is 11.3. The van der Waals surface area contributed by atoms with Gasteiger partial charge in [-0.2, -0.15) is 0 Å². The summed E-state index contributed by atoms with van der Waals surface area (Å²) in [4.78, 5) is 27.7. The van der Waals surface area contributed by atoms with Gasteiger partial charge in [0, 0.05) is 30.8 Å². The Morgan fingerprint density at radius 2 is 2.04 bits per heavy atom. The van der Waals surface area contributed by atoms with Crippen molar-refractivity contribution in [2.24, 2.45) is 0 Å². The van der Waals surface area contributed by atoms with Crippen molar-refractivity contribution < 1.29 is 14.3 Å². The molecule has 0 atom stereocenters. The number of para-hydroxylation sites is 1. The van der Waals surface area contributed by atoms with Gasteiger partial charge in [-0.25, -0.2) is 0 Å². The highest BCUT2D eigenvalue weighted by atomic mass is 32.1. The number of carbonyl (C=O) groups excluding carboxylic acids is 2. The number of nitrogens with one attached hydrogen (secondary N) is 2. The molecule has 0 radical (unpaired) electrons. The van der Waals surface area contributed by atoms with E-state index in [4.69, 9.17) is 4.74 Å². The lowest BCUT2D eigenvalue weighted by Crippen LogP contribution is -2.61. The van der Waals surface area contributed by atoms with Gasteiger partial charge in [-0.15, -0.1) is 11.3 Å². The number of likely N-dealkylation sites (tertiary alicyclic amines) is 1. The predicted molar refractivity (Wildman–Crippen MR) is 99.1 cm³/mol. The fourth-order valence-corrected chi connectivity index (χ4v) is 4.06. The number of hydrogen-bond donors (Lipinski definition) is 2. The summed E-state index contributed by atoms with van der Waals surface area (Å²) in [6.45, 7) is 2.35. The van der Waals surface area contributed by atoms with Gasteiger partial charge in [-0.3, -0.25) is 14.5 Å². The molecule has 0 aliphatic carbocycles. The lowest BCUT2D eigenvalue weighted by molar-refractivity contribution is -0.123. The minimum Gasteiger partial charge on any atom is -0.467 e. The SMILES string of the molecule is O=C(CN1CCC2(CC1)NC(=O)c1ccccc1O2)NCc1cccs1. The molecule has 0 unspecified atom stereocenters. The molecule has 2 aliphatic heterocycles. The van der Waals surface area contributed by atoms with E-state index in [1.165, 1.54) is 0 Å². The Morgan fingerprint density at radius 3 is 2.81 bits per heavy atom. The van der Waals surface area contributed by atoms with Crippen LogP contribution in [0.4, 0.5) is 0 Å². The van der Waals surface area contributed by atoms with Gasteiger partial charge in [0.05, 0.1) is 18.7 Å². The van der Waals surface area contributed by atoms with Gasteiger partial charge < -0.3 is 15.4 Å². The molecule has 0 saturated carbocycles. The predicted octanol–water partition coefficient (Wildman–Crippen LogP) is 1.98. The Balaban J connectivity index is 1.30. The Labute approximate surface area is 156 Å². The second-order valence-electron chi connectivity index (χ2n) is 6.68. The largest absolute Gasteiger partial charge is 0.467 e. The van der Waals surface area contributed by atoms with Gasteiger partial charge in [0.25, 0.3) is 5.91 Å². The molecule has 1 fully saturated rings. The van der Waals surface area contributed by atoms with E-state index in [1.807, 2.05) is 35.7 Å². The molecule has 1 aromatic carbocycles. The number of fused-ring (bicyclic) bond motifs is 1. The van der Waals surface area contributed by atoms with E-state index in [-0.39, 0.29) is 11.8 Å². The second kappa shape index (κ2) is 7.09. The molecule has 7 heteroatoms. The number of thiophene rings is 1. The third-order valence-electron chi connectivity index (χ3n) is 4.85. The van der Waals surface area contributed by atoms with Crippen molar-refractivity contribution in [1.29, 1.82) is 0 Å². The molecule has 1 spiro atoms. The van der Waals surface area contributed by atoms with Crippen molar-refractivity contribution in [3.63, 3.8) is 0 Å². The summed E-state index contributed by atoms with van der Waals surface area (Å²) < 4.78 is 6.12. The molecule has 2 aliphatic rings. The molecule has 1 aromatic heterocycles. The first-order valence-corrected chi connectivity index (χ1v) is 9.64. The Hall–Kier alpha value is -2.38. The van der Waals surface area contributed by atoms with E-state index in [1.54, 1.807) is 17.4 Å². The van der Waals surface area contributed by atoms with Crippen LogP contribution >= 0.6 is 11.3 Å². The normalized spacial score (nSPS) is 18.7. The van der Waals surface area contributed by atoms with E-state index >= 15 is 0 Å². The topological polar surface area (TPSA) is 70.7 Å². The molecule has 1 saturated heterocycles. The zero-order chi connectivity index (χ0) is 18.0. The maximum atomic E-state index is 12.3. The second-order valence-corrected chi connectivity index (χ2v) is 7.71. The molecule has 3 heterocycles. The quantitative estimate of drug-likeness (QED) is 0.862. The fourth-order valence-electron chi connectivity index (χ4n) is 3.41. The first-order chi connectivity index (χ1) is 12.6. The van der Waals surface area contributed by atoms with Gasteiger partial charge in [-0.05, 0) is 23.6 Å². The van der Waals surface area contributed by atoms with E-state index in [9.17, 15) is 9.59 Å². The van der Waals surface area contributed by atoms with E-state index in [2.05, 4.69) is 15.5 Å². The van der Waals surface area contributed by atoms with Crippen molar-refractivity contribution in [3.05, 3.63) is 52.2 Å². The summed E-state index contributed by atoms with van der Waals surface area (Å²) >= 11 is 1.64. The lowest BCUT2D eigenvalue weighted by Gasteiger charge is -2.44. The van der Waals surface area contributed by atoms with Crippen LogP contribution in [-0.2, 0) is 11.3 Å². The van der Waals surface area contributed by atoms with Crippen molar-refractivity contribution in [3.8, 4) is 5.75 Å². The molecule has 26 heavy (non-hydrogen) atoms. The van der Waals surface area contributed by atoms with Gasteiger partial charge >= 0.3 is 0 Å². The molecular weight excluding hydrogens is 350 g/mol. The van der Waals surface area contributed by atoms with Crippen molar-refractivity contribution >= 4 is 23.2 Å². The smallest absolute Gasteiger partial charge is 0.258 e. The van der Waals surface area contributed by atoms with Crippen molar-refractivity contribution in [1.82, 2.24) is 15.5 Å². The first kappa shape index (κ1) is 17.1. The molecular formula is C19H21N3O3S. The minimum atomic E-state index is -0.657. The fraction of sp³-hybridized carbons (Fsp3) is 0.368. The number of hydrogen-bond acceptors (Lipinski definition) is 5. The average Bonchev–Trinajstić information content (AvgIpc) is 3.16. The molecule has 6 nitrogen and oxygen atoms in total. The van der Waals surface area contributed by atoms with Crippen LogP contribution in [0.25, 0.3) is 0 Å². The number of nitrogens with zero attached hydrogens (tertiary/aromatic N) is 1. The molecule has 2 N–H and O–H groups in total. The number of ether oxygens (including phenoxy) is 1. The van der Waals surface area contributed by atoms with Gasteiger partial charge in [0.1, 0.15) is 5.75 Å². The highest BCUT2D eigenvalue weighted by Gasteiger charge is 2.42. The third-order valence-corrected chi connectivity index (χ3v) is 5.73. The van der Waals surface area contributed by atoms with E-state index in [0.717, 1.165) is 4.88 Å². The van der Waals surface area contributed by atoms with Gasteiger partial charge in [0.15, 0.2) is 5.72 Å². The summed E-state index contributed by atoms with van der Waals surface area (Å²) in [5, 5.41) is 7.97. The molecule has 4 rings (SSSR count). The van der Waals surface area contributed by atoms with Crippen LogP contribution in [0.15, 0.2) is 41.8 Å². The van der Waals surface area contributed by atoms with Crippen LogP contribution in [0, 0.1) is 0 Å². The molecule has 2 aromatic rings. The average molecular weight is 371 g/mol. The standard InChI is InChI=1S/C19H21N3O3S/c23-17(20-12-14-4-3-11-26-14)13-22-9-7-19(8-10-22)21-18(24)15-5-1-2-6-16(15)25-19/h1-6,11H,7-10,12-13H2,(H,20,23)(H,21,24). The maximum absolute atomic E-state index is 12.3. The highest BCUT2D eigenvalue weighted by Crippen LogP contribution is 2.33. The zero-order valence-electron chi connectivity index (χ0n) is 14.4. The van der Waals surface area contributed by atoms with E-state index < -0.39 is 5.72 Å². The monoisotopic (exact) mass is 371 g/mol. The van der Waals surface area contributed by atoms with Crippen molar-refractivity contribution in [2.75, 3.05) is 19.6 Å². The van der Waals surface area contributed by atoms with Crippen molar-refractivity contribution in [2.45, 2.75) is 25.1 Å². The van der Waals surface area contributed by atoms with Crippen LogP contribution in [0.5, 0.6) is 5.75 Å². The summed E-state index contributed by atoms with van der Waals surface area (Å²) in [6.07, 6.45) is 1.32. The summed E-state index contributed by atoms with van der Waals surface area (Å²) in [7, 11) is 0. The summed E-state index contributed by atoms with van der Waals surface area (Å²) in [5.41, 5.74) is -0.0800. The van der Waals surface area contributed by atoms with Crippen LogP contribution in [0.2, 0.25) is 0 Å². The molecule has 2 amide bonds. The van der Waals surface area contributed by atoms with Gasteiger partial charge in [0.2, 0.25) is 5.91 Å². The maximum Gasteiger partial charge on any atom is 0.258 e. The molecule has 0 bridgehead atoms.